The largest absolute Gasteiger partial charge is 0.491 e. The lowest BCUT2D eigenvalue weighted by Gasteiger charge is -2.16. The summed E-state index contributed by atoms with van der Waals surface area (Å²) in [6, 6.07) is 7.39. The lowest BCUT2D eigenvalue weighted by Crippen LogP contribution is -2.13. The summed E-state index contributed by atoms with van der Waals surface area (Å²) in [4.78, 5) is 12.0. The standard InChI is InChI=1S/C15H22O2S/c1-11(2)17-13-8-6-12(7-9-13)14(16)10-18-15(3,4)5/h6-9,11H,10H2,1-5H3. The molecule has 2 nitrogen and oxygen atoms in total. The molecule has 0 aromatic heterocycles. The Morgan fingerprint density at radius 3 is 2.22 bits per heavy atom. The number of thioether (sulfide) groups is 1. The third-order valence-corrected chi connectivity index (χ3v) is 3.46. The number of Topliss-reactive ketones (excluding diaryl/α,β-unsaturated/α-hetero) is 1. The number of hydrogen-bond acceptors (Lipinski definition) is 3. The van der Waals surface area contributed by atoms with Crippen LogP contribution in [0.3, 0.4) is 0 Å². The van der Waals surface area contributed by atoms with Gasteiger partial charge in [0.05, 0.1) is 11.9 Å². The predicted octanol–water partition coefficient (Wildman–Crippen LogP) is 4.19. The first-order valence-corrected chi connectivity index (χ1v) is 7.20. The second-order valence-corrected chi connectivity index (χ2v) is 7.32. The molecule has 1 aromatic carbocycles. The second kappa shape index (κ2) is 6.28. The van der Waals surface area contributed by atoms with Crippen LogP contribution in [0.5, 0.6) is 5.75 Å². The van der Waals surface area contributed by atoms with Crippen LogP contribution in [0.25, 0.3) is 0 Å². The SMILES string of the molecule is CC(C)Oc1ccc(C(=O)CSC(C)(C)C)cc1. The third kappa shape index (κ3) is 5.58. The molecular formula is C15H22O2S. The average Bonchev–Trinajstić information content (AvgIpc) is 2.25. The number of benzene rings is 1. The van der Waals surface area contributed by atoms with Gasteiger partial charge in [0, 0.05) is 10.3 Å². The maximum Gasteiger partial charge on any atom is 0.172 e. The molecule has 1 rings (SSSR count). The highest BCUT2D eigenvalue weighted by Crippen LogP contribution is 2.24. The van der Waals surface area contributed by atoms with Crippen LogP contribution < -0.4 is 4.74 Å². The van der Waals surface area contributed by atoms with Crippen molar-refractivity contribution in [1.82, 2.24) is 0 Å². The van der Waals surface area contributed by atoms with E-state index in [0.717, 1.165) is 11.3 Å². The molecule has 0 N–H and O–H groups in total. The molecular weight excluding hydrogens is 244 g/mol. The van der Waals surface area contributed by atoms with Crippen LogP contribution in [0.4, 0.5) is 0 Å². The van der Waals surface area contributed by atoms with E-state index in [4.69, 9.17) is 4.74 Å². The van der Waals surface area contributed by atoms with E-state index in [-0.39, 0.29) is 16.6 Å². The van der Waals surface area contributed by atoms with E-state index in [1.165, 1.54) is 0 Å². The van der Waals surface area contributed by atoms with Gasteiger partial charge in [-0.15, -0.1) is 11.8 Å². The molecule has 0 radical (unpaired) electrons. The van der Waals surface area contributed by atoms with Crippen molar-refractivity contribution in [2.75, 3.05) is 5.75 Å². The van der Waals surface area contributed by atoms with Gasteiger partial charge in [0.1, 0.15) is 5.75 Å². The Bertz CT molecular complexity index is 388. The summed E-state index contributed by atoms with van der Waals surface area (Å²) in [6.07, 6.45) is 0.156. The van der Waals surface area contributed by atoms with Crippen molar-refractivity contribution in [3.8, 4) is 5.75 Å². The van der Waals surface area contributed by atoms with E-state index in [1.54, 1.807) is 11.8 Å². The summed E-state index contributed by atoms with van der Waals surface area (Å²) in [5, 5.41) is 0. The maximum absolute atomic E-state index is 12.0. The van der Waals surface area contributed by atoms with Gasteiger partial charge in [-0.25, -0.2) is 0 Å². The molecule has 100 valence electrons. The fourth-order valence-electron chi connectivity index (χ4n) is 1.36. The summed E-state index contributed by atoms with van der Waals surface area (Å²) in [7, 11) is 0. The fourth-order valence-corrected chi connectivity index (χ4v) is 2.09. The molecule has 3 heteroatoms. The van der Waals surface area contributed by atoms with Crippen LogP contribution in [0.15, 0.2) is 24.3 Å². The predicted molar refractivity (Wildman–Crippen MR) is 78.7 cm³/mol. The molecule has 0 aliphatic carbocycles. The highest BCUT2D eigenvalue weighted by molar-refractivity contribution is 8.01. The van der Waals surface area contributed by atoms with Gasteiger partial charge in [0.2, 0.25) is 0 Å². The monoisotopic (exact) mass is 266 g/mol. The van der Waals surface area contributed by atoms with E-state index in [1.807, 2.05) is 38.1 Å². The Kier molecular flexibility index (Phi) is 5.27. The second-order valence-electron chi connectivity index (χ2n) is 5.52. The molecule has 0 bridgehead atoms. The zero-order valence-electron chi connectivity index (χ0n) is 11.8. The van der Waals surface area contributed by atoms with Crippen LogP contribution in [-0.2, 0) is 0 Å². The number of ketones is 1. The highest BCUT2D eigenvalue weighted by Gasteiger charge is 2.14. The van der Waals surface area contributed by atoms with Crippen molar-refractivity contribution >= 4 is 17.5 Å². The fraction of sp³-hybridized carbons (Fsp3) is 0.533. The molecule has 0 saturated heterocycles. The van der Waals surface area contributed by atoms with Gasteiger partial charge < -0.3 is 4.74 Å². The van der Waals surface area contributed by atoms with Crippen molar-refractivity contribution in [2.24, 2.45) is 0 Å². The van der Waals surface area contributed by atoms with Gasteiger partial charge in [-0.2, -0.15) is 0 Å². The van der Waals surface area contributed by atoms with Crippen molar-refractivity contribution in [1.29, 1.82) is 0 Å². The molecule has 0 heterocycles. The third-order valence-electron chi connectivity index (χ3n) is 2.18. The first-order chi connectivity index (χ1) is 8.28. The van der Waals surface area contributed by atoms with Gasteiger partial charge >= 0.3 is 0 Å². The highest BCUT2D eigenvalue weighted by atomic mass is 32.2. The van der Waals surface area contributed by atoms with E-state index in [0.29, 0.717) is 5.75 Å². The maximum atomic E-state index is 12.0. The molecule has 0 atom stereocenters. The minimum absolute atomic E-state index is 0.121. The summed E-state index contributed by atoms with van der Waals surface area (Å²) in [5.41, 5.74) is 0.753. The van der Waals surface area contributed by atoms with Crippen molar-refractivity contribution in [2.45, 2.75) is 45.5 Å². The van der Waals surface area contributed by atoms with E-state index in [9.17, 15) is 4.79 Å². The van der Waals surface area contributed by atoms with Gasteiger partial charge in [0.15, 0.2) is 5.78 Å². The number of carbonyl (C=O) groups excluding carboxylic acids is 1. The minimum atomic E-state index is 0.121. The normalized spacial score (nSPS) is 11.7. The Morgan fingerprint density at radius 2 is 1.78 bits per heavy atom. The molecule has 0 amide bonds. The first kappa shape index (κ1) is 15.1. The van der Waals surface area contributed by atoms with Crippen molar-refractivity contribution in [3.63, 3.8) is 0 Å². The first-order valence-electron chi connectivity index (χ1n) is 6.22. The number of ether oxygens (including phenoxy) is 1. The Balaban J connectivity index is 2.59. The minimum Gasteiger partial charge on any atom is -0.491 e. The molecule has 18 heavy (non-hydrogen) atoms. The van der Waals surface area contributed by atoms with Crippen LogP contribution in [0, 0.1) is 0 Å². The quantitative estimate of drug-likeness (QED) is 0.748. The number of hydrogen-bond donors (Lipinski definition) is 0. The van der Waals surface area contributed by atoms with Gasteiger partial charge in [-0.3, -0.25) is 4.79 Å². The van der Waals surface area contributed by atoms with Gasteiger partial charge in [-0.05, 0) is 38.1 Å². The van der Waals surface area contributed by atoms with Crippen LogP contribution in [-0.4, -0.2) is 22.4 Å². The summed E-state index contributed by atoms with van der Waals surface area (Å²) >= 11 is 1.67. The lowest BCUT2D eigenvalue weighted by molar-refractivity contribution is 0.102. The Hall–Kier alpha value is -0.960. The molecule has 0 aliphatic rings. The van der Waals surface area contributed by atoms with Gasteiger partial charge in [0.25, 0.3) is 0 Å². The van der Waals surface area contributed by atoms with Crippen LogP contribution in [0.1, 0.15) is 45.0 Å². The zero-order chi connectivity index (χ0) is 13.8. The van der Waals surface area contributed by atoms with E-state index in [2.05, 4.69) is 20.8 Å². The number of rotatable bonds is 5. The van der Waals surface area contributed by atoms with Crippen LogP contribution >= 0.6 is 11.8 Å². The lowest BCUT2D eigenvalue weighted by atomic mass is 10.1. The van der Waals surface area contributed by atoms with Gasteiger partial charge in [-0.1, -0.05) is 20.8 Å². The van der Waals surface area contributed by atoms with E-state index < -0.39 is 0 Å². The smallest absolute Gasteiger partial charge is 0.172 e. The number of carbonyl (C=O) groups is 1. The summed E-state index contributed by atoms with van der Waals surface area (Å²) in [5.74, 6) is 1.50. The van der Waals surface area contributed by atoms with Crippen molar-refractivity contribution < 1.29 is 9.53 Å². The molecule has 0 spiro atoms. The molecule has 0 fully saturated rings. The van der Waals surface area contributed by atoms with Crippen LogP contribution in [0.2, 0.25) is 0 Å². The zero-order valence-corrected chi connectivity index (χ0v) is 12.6. The topological polar surface area (TPSA) is 26.3 Å². The molecule has 1 aromatic rings. The Morgan fingerprint density at radius 1 is 1.22 bits per heavy atom. The molecule has 0 unspecified atom stereocenters. The summed E-state index contributed by atoms with van der Waals surface area (Å²) in [6.45, 7) is 10.3. The summed E-state index contributed by atoms with van der Waals surface area (Å²) < 4.78 is 5.67. The average molecular weight is 266 g/mol. The molecule has 0 saturated carbocycles. The van der Waals surface area contributed by atoms with E-state index >= 15 is 0 Å². The van der Waals surface area contributed by atoms with Crippen molar-refractivity contribution in [3.05, 3.63) is 29.8 Å². The molecule has 0 aliphatic heterocycles. The Labute approximate surface area is 114 Å².